The first-order valence-electron chi connectivity index (χ1n) is 7.04. The van der Waals surface area contributed by atoms with Gasteiger partial charge in [-0.15, -0.1) is 0 Å². The number of anilines is 1. The molecule has 0 atom stereocenters. The smallest absolute Gasteiger partial charge is 0.219 e. The van der Waals surface area contributed by atoms with Crippen LogP contribution in [-0.2, 0) is 0 Å². The molecule has 0 aliphatic heterocycles. The molecule has 2 aromatic rings. The molecule has 0 radical (unpaired) electrons. The Balaban J connectivity index is 1.98. The number of thiocarbonyl (C=S) groups is 1. The van der Waals surface area contributed by atoms with Crippen molar-refractivity contribution in [3.8, 4) is 17.4 Å². The van der Waals surface area contributed by atoms with Crippen molar-refractivity contribution in [2.75, 3.05) is 19.0 Å². The maximum absolute atomic E-state index is 5.71. The van der Waals surface area contributed by atoms with Crippen molar-refractivity contribution in [2.24, 2.45) is 0 Å². The summed E-state index contributed by atoms with van der Waals surface area (Å²) in [5, 5.41) is 6.75. The SMILES string of the molecule is CCCNC(=S)Nc1ccc(Oc2ccccc2OC)nc1. The van der Waals surface area contributed by atoms with Crippen molar-refractivity contribution in [2.45, 2.75) is 13.3 Å². The van der Waals surface area contributed by atoms with Crippen molar-refractivity contribution >= 4 is 23.0 Å². The molecule has 1 aromatic heterocycles. The maximum Gasteiger partial charge on any atom is 0.219 e. The van der Waals surface area contributed by atoms with Crippen LogP contribution in [0.2, 0.25) is 0 Å². The summed E-state index contributed by atoms with van der Waals surface area (Å²) >= 11 is 5.17. The van der Waals surface area contributed by atoms with Crippen LogP contribution in [0.3, 0.4) is 0 Å². The number of hydrogen-bond donors (Lipinski definition) is 2. The molecule has 1 heterocycles. The van der Waals surface area contributed by atoms with Gasteiger partial charge in [-0.05, 0) is 36.8 Å². The third-order valence-corrected chi connectivity index (χ3v) is 3.06. The van der Waals surface area contributed by atoms with E-state index in [-0.39, 0.29) is 0 Å². The van der Waals surface area contributed by atoms with Gasteiger partial charge in [0.15, 0.2) is 16.6 Å². The molecule has 0 aliphatic rings. The molecule has 0 bridgehead atoms. The molecule has 6 heteroatoms. The van der Waals surface area contributed by atoms with Crippen molar-refractivity contribution in [3.63, 3.8) is 0 Å². The predicted molar refractivity (Wildman–Crippen MR) is 91.8 cm³/mol. The molecule has 0 unspecified atom stereocenters. The lowest BCUT2D eigenvalue weighted by Crippen LogP contribution is -2.28. The minimum Gasteiger partial charge on any atom is -0.493 e. The van der Waals surface area contributed by atoms with Gasteiger partial charge in [-0.1, -0.05) is 19.1 Å². The van der Waals surface area contributed by atoms with Crippen LogP contribution in [-0.4, -0.2) is 23.8 Å². The first-order chi connectivity index (χ1) is 10.7. The second-order valence-electron chi connectivity index (χ2n) is 4.52. The van der Waals surface area contributed by atoms with E-state index in [4.69, 9.17) is 21.7 Å². The molecular weight excluding hydrogens is 298 g/mol. The van der Waals surface area contributed by atoms with E-state index in [9.17, 15) is 0 Å². The Morgan fingerprint density at radius 3 is 2.59 bits per heavy atom. The highest BCUT2D eigenvalue weighted by atomic mass is 32.1. The largest absolute Gasteiger partial charge is 0.493 e. The molecule has 2 rings (SSSR count). The van der Waals surface area contributed by atoms with Gasteiger partial charge in [0.1, 0.15) is 0 Å². The summed E-state index contributed by atoms with van der Waals surface area (Å²) in [6.45, 7) is 2.93. The molecule has 0 saturated heterocycles. The Kier molecular flexibility index (Phi) is 5.97. The van der Waals surface area contributed by atoms with Crippen LogP contribution >= 0.6 is 12.2 Å². The first-order valence-corrected chi connectivity index (χ1v) is 7.45. The highest BCUT2D eigenvalue weighted by Gasteiger charge is 2.05. The number of ether oxygens (including phenoxy) is 2. The molecular formula is C16H19N3O2S. The van der Waals surface area contributed by atoms with Crippen LogP contribution in [0.5, 0.6) is 17.4 Å². The number of aromatic nitrogens is 1. The Morgan fingerprint density at radius 2 is 1.95 bits per heavy atom. The Bertz CT molecular complexity index is 617. The summed E-state index contributed by atoms with van der Waals surface area (Å²) in [7, 11) is 1.60. The fraction of sp³-hybridized carbons (Fsp3) is 0.250. The van der Waals surface area contributed by atoms with Gasteiger partial charge in [0.2, 0.25) is 5.88 Å². The zero-order valence-electron chi connectivity index (χ0n) is 12.6. The molecule has 0 fully saturated rings. The highest BCUT2D eigenvalue weighted by Crippen LogP contribution is 2.30. The number of nitrogens with one attached hydrogen (secondary N) is 2. The third kappa shape index (κ3) is 4.60. The van der Waals surface area contributed by atoms with Crippen molar-refractivity contribution in [1.29, 1.82) is 0 Å². The van der Waals surface area contributed by atoms with Crippen LogP contribution in [0.15, 0.2) is 42.6 Å². The average molecular weight is 317 g/mol. The Hall–Kier alpha value is -2.34. The average Bonchev–Trinajstić information content (AvgIpc) is 2.55. The predicted octanol–water partition coefficient (Wildman–Crippen LogP) is 3.58. The van der Waals surface area contributed by atoms with E-state index < -0.39 is 0 Å². The van der Waals surface area contributed by atoms with Crippen molar-refractivity contribution in [3.05, 3.63) is 42.6 Å². The maximum atomic E-state index is 5.71. The molecule has 22 heavy (non-hydrogen) atoms. The van der Waals surface area contributed by atoms with Crippen molar-refractivity contribution < 1.29 is 9.47 Å². The van der Waals surface area contributed by atoms with Crippen molar-refractivity contribution in [1.82, 2.24) is 10.3 Å². The minimum atomic E-state index is 0.488. The second-order valence-corrected chi connectivity index (χ2v) is 4.93. The molecule has 1 aromatic carbocycles. The molecule has 5 nitrogen and oxygen atoms in total. The van der Waals surface area contributed by atoms with E-state index in [1.165, 1.54) is 0 Å². The Labute approximate surface area is 135 Å². The van der Waals surface area contributed by atoms with Gasteiger partial charge in [0, 0.05) is 12.6 Å². The zero-order valence-corrected chi connectivity index (χ0v) is 13.4. The van der Waals surface area contributed by atoms with E-state index in [1.54, 1.807) is 19.4 Å². The molecule has 116 valence electrons. The number of para-hydroxylation sites is 2. The zero-order chi connectivity index (χ0) is 15.8. The summed E-state index contributed by atoms with van der Waals surface area (Å²) < 4.78 is 11.0. The minimum absolute atomic E-state index is 0.488. The second kappa shape index (κ2) is 8.19. The van der Waals surface area contributed by atoms with Gasteiger partial charge in [0.25, 0.3) is 0 Å². The Morgan fingerprint density at radius 1 is 1.18 bits per heavy atom. The summed E-state index contributed by atoms with van der Waals surface area (Å²) in [4.78, 5) is 4.26. The number of benzene rings is 1. The van der Waals surface area contributed by atoms with E-state index >= 15 is 0 Å². The van der Waals surface area contributed by atoms with Gasteiger partial charge in [-0.3, -0.25) is 0 Å². The summed E-state index contributed by atoms with van der Waals surface area (Å²) in [6, 6.07) is 11.1. The van der Waals surface area contributed by atoms with E-state index in [2.05, 4.69) is 22.5 Å². The first kappa shape index (κ1) is 16.0. The fourth-order valence-electron chi connectivity index (χ4n) is 1.74. The normalized spacial score (nSPS) is 9.91. The molecule has 0 amide bonds. The van der Waals surface area contributed by atoms with Gasteiger partial charge < -0.3 is 20.1 Å². The summed E-state index contributed by atoms with van der Waals surface area (Å²) in [5.41, 5.74) is 0.806. The van der Waals surface area contributed by atoms with Crippen LogP contribution in [0.4, 0.5) is 5.69 Å². The quantitative estimate of drug-likeness (QED) is 0.794. The lowest BCUT2D eigenvalue weighted by molar-refractivity contribution is 0.374. The van der Waals surface area contributed by atoms with E-state index in [1.807, 2.05) is 30.3 Å². The fourth-order valence-corrected chi connectivity index (χ4v) is 1.96. The lowest BCUT2D eigenvalue weighted by atomic mass is 10.3. The number of methoxy groups -OCH3 is 1. The van der Waals surface area contributed by atoms with Gasteiger partial charge >= 0.3 is 0 Å². The van der Waals surface area contributed by atoms with Crippen LogP contribution in [0, 0.1) is 0 Å². The third-order valence-electron chi connectivity index (χ3n) is 2.81. The molecule has 2 N–H and O–H groups in total. The number of nitrogens with zero attached hydrogens (tertiary/aromatic N) is 1. The van der Waals surface area contributed by atoms with Crippen LogP contribution in [0.1, 0.15) is 13.3 Å². The number of rotatable bonds is 6. The van der Waals surface area contributed by atoms with Crippen LogP contribution < -0.4 is 20.1 Å². The van der Waals surface area contributed by atoms with Crippen LogP contribution in [0.25, 0.3) is 0 Å². The molecule has 0 saturated carbocycles. The topological polar surface area (TPSA) is 55.4 Å². The highest BCUT2D eigenvalue weighted by molar-refractivity contribution is 7.80. The standard InChI is InChI=1S/C16H19N3O2S/c1-3-10-17-16(22)19-12-8-9-15(18-11-12)21-14-7-5-4-6-13(14)20-2/h4-9,11H,3,10H2,1-2H3,(H2,17,19,22). The van der Waals surface area contributed by atoms with E-state index in [0.717, 1.165) is 18.7 Å². The monoisotopic (exact) mass is 317 g/mol. The summed E-state index contributed by atoms with van der Waals surface area (Å²) in [6.07, 6.45) is 2.69. The van der Waals surface area contributed by atoms with Gasteiger partial charge in [-0.2, -0.15) is 0 Å². The molecule has 0 aliphatic carbocycles. The van der Waals surface area contributed by atoms with Gasteiger partial charge in [-0.25, -0.2) is 4.98 Å². The summed E-state index contributed by atoms with van der Waals surface area (Å²) in [5.74, 6) is 1.78. The number of pyridine rings is 1. The van der Waals surface area contributed by atoms with E-state index in [0.29, 0.717) is 22.5 Å². The number of hydrogen-bond acceptors (Lipinski definition) is 4. The lowest BCUT2D eigenvalue weighted by Gasteiger charge is -2.11. The molecule has 0 spiro atoms. The van der Waals surface area contributed by atoms with Gasteiger partial charge in [0.05, 0.1) is 19.0 Å².